The average Bonchev–Trinajstić information content (AvgIpc) is 2.38. The van der Waals surface area contributed by atoms with E-state index < -0.39 is 29.7 Å². The third-order valence-electron chi connectivity index (χ3n) is 2.49. The molecule has 0 fully saturated rings. The molecule has 0 aromatic carbocycles. The minimum absolute atomic E-state index is 0.0374. The zero-order valence-electron chi connectivity index (χ0n) is 13.6. The summed E-state index contributed by atoms with van der Waals surface area (Å²) in [5, 5.41) is 12.6. The van der Waals surface area contributed by atoms with Crippen LogP contribution in [0.15, 0.2) is 0 Å². The number of amides is 1. The molecule has 22 heavy (non-hydrogen) atoms. The predicted octanol–water partition coefficient (Wildman–Crippen LogP) is -0.0362. The molecule has 9 nitrogen and oxygen atoms in total. The second-order valence-electron chi connectivity index (χ2n) is 5.54. The minimum Gasteiger partial charge on any atom is -0.481 e. The largest absolute Gasteiger partial charge is 0.481 e. The molecule has 0 aliphatic carbocycles. The number of alkyl carbamates (subject to hydrolysis) is 1. The summed E-state index contributed by atoms with van der Waals surface area (Å²) in [4.78, 5) is 34.1. The maximum Gasteiger partial charge on any atom is 0.408 e. The third kappa shape index (κ3) is 9.14. The first-order valence-electron chi connectivity index (χ1n) is 6.80. The number of ether oxygens (including phenoxy) is 2. The molecule has 0 rings (SSSR count). The van der Waals surface area contributed by atoms with Crippen molar-refractivity contribution >= 4 is 18.0 Å². The summed E-state index contributed by atoms with van der Waals surface area (Å²) in [6, 6.07) is -0.985. The number of carboxylic acids is 1. The molecule has 0 aliphatic rings. The van der Waals surface area contributed by atoms with E-state index in [0.717, 1.165) is 0 Å². The van der Waals surface area contributed by atoms with Crippen LogP contribution < -0.4 is 10.7 Å². The fourth-order valence-corrected chi connectivity index (χ4v) is 1.52. The number of rotatable bonds is 8. The number of hydrogen-bond acceptors (Lipinski definition) is 7. The van der Waals surface area contributed by atoms with Gasteiger partial charge in [-0.2, -0.15) is 0 Å². The van der Waals surface area contributed by atoms with Gasteiger partial charge in [0.2, 0.25) is 0 Å². The quantitative estimate of drug-likeness (QED) is 0.421. The van der Waals surface area contributed by atoms with Gasteiger partial charge >= 0.3 is 18.0 Å². The van der Waals surface area contributed by atoms with Crippen LogP contribution in [0.3, 0.4) is 0 Å². The molecule has 128 valence electrons. The Labute approximate surface area is 129 Å². The van der Waals surface area contributed by atoms with Gasteiger partial charge in [0, 0.05) is 13.1 Å². The summed E-state index contributed by atoms with van der Waals surface area (Å²) in [5.41, 5.74) is 2.06. The number of hydrogen-bond donors (Lipinski definition) is 3. The van der Waals surface area contributed by atoms with Crippen LogP contribution in [0.1, 0.15) is 27.2 Å². The van der Waals surface area contributed by atoms with Gasteiger partial charge in [-0.3, -0.25) is 10.2 Å². The number of aliphatic carboxylic acids is 1. The highest BCUT2D eigenvalue weighted by Gasteiger charge is 2.27. The number of carbonyl (C=O) groups is 3. The van der Waals surface area contributed by atoms with E-state index in [2.05, 4.69) is 15.5 Å². The molecule has 0 radical (unpaired) electrons. The lowest BCUT2D eigenvalue weighted by molar-refractivity contribution is -0.143. The van der Waals surface area contributed by atoms with Crippen LogP contribution >= 0.6 is 0 Å². The van der Waals surface area contributed by atoms with Crippen LogP contribution in [0.25, 0.3) is 0 Å². The van der Waals surface area contributed by atoms with E-state index in [-0.39, 0.29) is 19.5 Å². The van der Waals surface area contributed by atoms with Crippen molar-refractivity contribution in [3.05, 3.63) is 0 Å². The van der Waals surface area contributed by atoms with Crippen LogP contribution in [-0.4, -0.2) is 67.0 Å². The van der Waals surface area contributed by atoms with Crippen LogP contribution in [0.4, 0.5) is 4.79 Å². The molecule has 0 saturated heterocycles. The first-order valence-corrected chi connectivity index (χ1v) is 6.80. The summed E-state index contributed by atoms with van der Waals surface area (Å²) in [6.07, 6.45) is -0.863. The maximum absolute atomic E-state index is 11.8. The Bertz CT molecular complexity index is 394. The van der Waals surface area contributed by atoms with Crippen molar-refractivity contribution in [3.8, 4) is 0 Å². The van der Waals surface area contributed by atoms with Gasteiger partial charge in [0.25, 0.3) is 0 Å². The minimum atomic E-state index is -0.985. The maximum atomic E-state index is 11.8. The van der Waals surface area contributed by atoms with Gasteiger partial charge in [-0.15, -0.1) is 0 Å². The Hall–Kier alpha value is -1.87. The lowest BCUT2D eigenvalue weighted by Crippen LogP contribution is -2.53. The van der Waals surface area contributed by atoms with E-state index in [9.17, 15) is 14.4 Å². The average molecular weight is 319 g/mol. The van der Waals surface area contributed by atoms with Crippen molar-refractivity contribution in [2.75, 3.05) is 27.2 Å². The zero-order chi connectivity index (χ0) is 17.3. The molecule has 9 heteroatoms. The zero-order valence-corrected chi connectivity index (χ0v) is 13.6. The highest BCUT2D eigenvalue weighted by Crippen LogP contribution is 2.07. The highest BCUT2D eigenvalue weighted by atomic mass is 16.6. The monoisotopic (exact) mass is 319 g/mol. The smallest absolute Gasteiger partial charge is 0.408 e. The van der Waals surface area contributed by atoms with Crippen molar-refractivity contribution in [2.45, 2.75) is 38.8 Å². The van der Waals surface area contributed by atoms with E-state index in [1.165, 1.54) is 12.1 Å². The number of nitrogens with one attached hydrogen (secondary N) is 2. The second-order valence-corrected chi connectivity index (χ2v) is 5.54. The molecular weight excluding hydrogens is 294 g/mol. The second kappa shape index (κ2) is 9.21. The number of carbonyl (C=O) groups excluding carboxylic acids is 2. The molecule has 1 amide bonds. The highest BCUT2D eigenvalue weighted by molar-refractivity contribution is 5.81. The van der Waals surface area contributed by atoms with E-state index in [1.54, 1.807) is 27.8 Å². The Balaban J connectivity index is 4.72. The standard InChI is InChI=1S/C13H25N3O6/c1-13(2,3)22-12(20)15-9(11(19)21-5)8-16(14-4)7-6-10(17)18/h9,14H,6-8H2,1-5H3,(H,15,20)(H,17,18). The van der Waals surface area contributed by atoms with Crippen molar-refractivity contribution in [2.24, 2.45) is 0 Å². The number of methoxy groups -OCH3 is 1. The number of hydrazine groups is 1. The summed E-state index contributed by atoms with van der Waals surface area (Å²) < 4.78 is 9.72. The van der Waals surface area contributed by atoms with Crippen LogP contribution in [0.5, 0.6) is 0 Å². The van der Waals surface area contributed by atoms with Crippen molar-refractivity contribution in [3.63, 3.8) is 0 Å². The number of esters is 1. The molecule has 3 N–H and O–H groups in total. The Morgan fingerprint density at radius 2 is 1.86 bits per heavy atom. The molecule has 0 aromatic heterocycles. The van der Waals surface area contributed by atoms with Crippen molar-refractivity contribution < 1.29 is 29.0 Å². The van der Waals surface area contributed by atoms with E-state index in [1.807, 2.05) is 0 Å². The molecule has 0 aromatic rings. The first-order chi connectivity index (χ1) is 10.1. The van der Waals surface area contributed by atoms with Gasteiger partial charge in [-0.25, -0.2) is 14.6 Å². The van der Waals surface area contributed by atoms with Crippen LogP contribution in [0.2, 0.25) is 0 Å². The molecule has 0 spiro atoms. The molecule has 0 bridgehead atoms. The number of carboxylic acid groups (broad SMARTS) is 1. The molecule has 1 atom stereocenters. The Kier molecular flexibility index (Phi) is 8.43. The van der Waals surface area contributed by atoms with Crippen molar-refractivity contribution in [1.82, 2.24) is 15.8 Å². The van der Waals surface area contributed by atoms with Gasteiger partial charge in [-0.1, -0.05) is 0 Å². The summed E-state index contributed by atoms with van der Waals surface area (Å²) in [5.74, 6) is -1.61. The fourth-order valence-electron chi connectivity index (χ4n) is 1.52. The van der Waals surface area contributed by atoms with Gasteiger partial charge < -0.3 is 19.9 Å². The lowest BCUT2D eigenvalue weighted by atomic mass is 10.2. The van der Waals surface area contributed by atoms with E-state index >= 15 is 0 Å². The molecule has 0 aliphatic heterocycles. The predicted molar refractivity (Wildman–Crippen MR) is 78.1 cm³/mol. The first kappa shape index (κ1) is 20.1. The van der Waals surface area contributed by atoms with E-state index in [0.29, 0.717) is 0 Å². The summed E-state index contributed by atoms with van der Waals surface area (Å²) >= 11 is 0. The van der Waals surface area contributed by atoms with Crippen molar-refractivity contribution in [1.29, 1.82) is 0 Å². The normalized spacial score (nSPS) is 12.6. The Morgan fingerprint density at radius 1 is 1.27 bits per heavy atom. The molecule has 1 unspecified atom stereocenters. The van der Waals surface area contributed by atoms with Crippen LogP contribution in [-0.2, 0) is 19.1 Å². The van der Waals surface area contributed by atoms with Gasteiger partial charge in [-0.05, 0) is 27.8 Å². The topological polar surface area (TPSA) is 117 Å². The SMILES string of the molecule is CNN(CCC(=O)O)CC(NC(=O)OC(C)(C)C)C(=O)OC. The Morgan fingerprint density at radius 3 is 2.27 bits per heavy atom. The van der Waals surface area contributed by atoms with Gasteiger partial charge in [0.05, 0.1) is 13.5 Å². The third-order valence-corrected chi connectivity index (χ3v) is 2.49. The van der Waals surface area contributed by atoms with E-state index in [4.69, 9.17) is 9.84 Å². The molecular formula is C13H25N3O6. The molecule has 0 saturated carbocycles. The summed E-state index contributed by atoms with van der Waals surface area (Å²) in [6.45, 7) is 5.30. The van der Waals surface area contributed by atoms with Gasteiger partial charge in [0.1, 0.15) is 11.6 Å². The fraction of sp³-hybridized carbons (Fsp3) is 0.769. The van der Waals surface area contributed by atoms with Gasteiger partial charge in [0.15, 0.2) is 0 Å². The molecule has 0 heterocycles. The van der Waals surface area contributed by atoms with Crippen LogP contribution in [0, 0.1) is 0 Å². The lowest BCUT2D eigenvalue weighted by Gasteiger charge is -2.26. The number of nitrogens with zero attached hydrogens (tertiary/aromatic N) is 1. The summed E-state index contributed by atoms with van der Waals surface area (Å²) in [7, 11) is 2.79.